The molecule has 0 aliphatic carbocycles. The molecule has 1 aliphatic rings. The number of halogens is 1. The number of imide groups is 2. The molecule has 1 aliphatic heterocycles. The molecule has 12 heavy (non-hydrogen) atoms. The number of alkyl halides is 1. The Kier molecular flexibility index (Phi) is 2.07. The molecule has 1 N–H and O–H groups in total. The third kappa shape index (κ3) is 1.41. The Morgan fingerprint density at radius 2 is 2.25 bits per heavy atom. The molecule has 1 atom stereocenters. The summed E-state index contributed by atoms with van der Waals surface area (Å²) in [5.74, 6) is -1.57. The van der Waals surface area contributed by atoms with E-state index in [4.69, 9.17) is 0 Å². The molecule has 0 aromatic carbocycles. The van der Waals surface area contributed by atoms with Crippen LogP contribution in [0.25, 0.3) is 0 Å². The van der Waals surface area contributed by atoms with Crippen LogP contribution in [0.4, 0.5) is 9.18 Å². The quantitative estimate of drug-likeness (QED) is 0.534. The molecule has 0 bridgehead atoms. The van der Waals surface area contributed by atoms with Crippen LogP contribution in [-0.4, -0.2) is 35.5 Å². The average Bonchev–Trinajstić information content (AvgIpc) is 1.96. The lowest BCUT2D eigenvalue weighted by Gasteiger charge is -2.25. The van der Waals surface area contributed by atoms with Crippen molar-refractivity contribution in [2.24, 2.45) is 0 Å². The third-order valence-electron chi connectivity index (χ3n) is 1.48. The second-order valence-electron chi connectivity index (χ2n) is 2.39. The smallest absolute Gasteiger partial charge is 0.275 e. The number of amides is 4. The van der Waals surface area contributed by atoms with Gasteiger partial charge in [-0.1, -0.05) is 0 Å². The van der Waals surface area contributed by atoms with E-state index in [0.29, 0.717) is 4.90 Å². The van der Waals surface area contributed by atoms with E-state index < -0.39 is 30.6 Å². The summed E-state index contributed by atoms with van der Waals surface area (Å²) in [7, 11) is 0. The molecule has 4 amide bonds. The molecule has 6 heteroatoms. The maximum atomic E-state index is 12.6. The Bertz CT molecular complexity index is 253. The highest BCUT2D eigenvalue weighted by Crippen LogP contribution is 2.04. The van der Waals surface area contributed by atoms with Gasteiger partial charge in [-0.2, -0.15) is 0 Å². The van der Waals surface area contributed by atoms with Crippen LogP contribution in [-0.2, 0) is 9.59 Å². The topological polar surface area (TPSA) is 66.5 Å². The molecule has 1 fully saturated rings. The highest BCUT2D eigenvalue weighted by molar-refractivity contribution is 6.05. The number of nitrogens with zero attached hydrogens (tertiary/aromatic N) is 1. The molecule has 5 nitrogen and oxygen atoms in total. The predicted octanol–water partition coefficient (Wildman–Crippen LogP) is -0.577. The zero-order valence-corrected chi connectivity index (χ0v) is 6.33. The average molecular weight is 174 g/mol. The van der Waals surface area contributed by atoms with E-state index >= 15 is 0 Å². The van der Waals surface area contributed by atoms with Gasteiger partial charge in [0.2, 0.25) is 5.91 Å². The van der Waals surface area contributed by atoms with Gasteiger partial charge >= 0.3 is 6.03 Å². The van der Waals surface area contributed by atoms with Crippen LogP contribution in [0.5, 0.6) is 0 Å². The first-order valence-electron chi connectivity index (χ1n) is 3.29. The van der Waals surface area contributed by atoms with Gasteiger partial charge in [-0.3, -0.25) is 19.8 Å². The van der Waals surface area contributed by atoms with Gasteiger partial charge in [0.25, 0.3) is 5.91 Å². The van der Waals surface area contributed by atoms with E-state index in [-0.39, 0.29) is 0 Å². The van der Waals surface area contributed by atoms with Gasteiger partial charge in [0, 0.05) is 6.92 Å². The van der Waals surface area contributed by atoms with E-state index in [9.17, 15) is 18.8 Å². The fourth-order valence-corrected chi connectivity index (χ4v) is 0.849. The third-order valence-corrected chi connectivity index (χ3v) is 1.48. The number of hydrogen-bond donors (Lipinski definition) is 1. The van der Waals surface area contributed by atoms with Gasteiger partial charge in [0.15, 0.2) is 6.17 Å². The summed E-state index contributed by atoms with van der Waals surface area (Å²) in [4.78, 5) is 32.6. The van der Waals surface area contributed by atoms with Crippen molar-refractivity contribution in [3.05, 3.63) is 0 Å². The first-order chi connectivity index (χ1) is 5.52. The van der Waals surface area contributed by atoms with Crippen LogP contribution in [0.15, 0.2) is 0 Å². The zero-order chi connectivity index (χ0) is 9.30. The Morgan fingerprint density at radius 3 is 2.75 bits per heavy atom. The van der Waals surface area contributed by atoms with E-state index in [1.54, 1.807) is 5.32 Å². The summed E-state index contributed by atoms with van der Waals surface area (Å²) < 4.78 is 12.6. The number of carbonyl (C=O) groups excluding carboxylic acids is 3. The normalized spacial score (nSPS) is 23.8. The molecule has 0 spiro atoms. The lowest BCUT2D eigenvalue weighted by atomic mass is 10.3. The minimum absolute atomic E-state index is 0.486. The Hall–Kier alpha value is -1.46. The SMILES string of the molecule is CC(=O)N1CC(F)C(=O)NC1=O. The van der Waals surface area contributed by atoms with Crippen molar-refractivity contribution < 1.29 is 18.8 Å². The Morgan fingerprint density at radius 1 is 1.67 bits per heavy atom. The van der Waals surface area contributed by atoms with Crippen LogP contribution >= 0.6 is 0 Å². The molecule has 1 rings (SSSR count). The van der Waals surface area contributed by atoms with Gasteiger partial charge in [0.1, 0.15) is 0 Å². The minimum Gasteiger partial charge on any atom is -0.275 e. The number of carbonyl (C=O) groups is 3. The number of hydrogen-bond acceptors (Lipinski definition) is 3. The number of nitrogens with one attached hydrogen (secondary N) is 1. The summed E-state index contributed by atoms with van der Waals surface area (Å²) in [6.07, 6.45) is -1.81. The van der Waals surface area contributed by atoms with Gasteiger partial charge < -0.3 is 0 Å². The van der Waals surface area contributed by atoms with Gasteiger partial charge in [-0.05, 0) is 0 Å². The monoisotopic (exact) mass is 174 g/mol. The molecule has 1 unspecified atom stereocenters. The molecule has 1 saturated heterocycles. The van der Waals surface area contributed by atoms with Gasteiger partial charge in [0.05, 0.1) is 6.54 Å². The summed E-state index contributed by atoms with van der Waals surface area (Å²) in [5, 5.41) is 1.71. The van der Waals surface area contributed by atoms with E-state index in [2.05, 4.69) is 0 Å². The second-order valence-corrected chi connectivity index (χ2v) is 2.39. The first kappa shape index (κ1) is 8.63. The lowest BCUT2D eigenvalue weighted by Crippen LogP contribution is -2.56. The van der Waals surface area contributed by atoms with Crippen LogP contribution in [0.1, 0.15) is 6.92 Å². The molecule has 66 valence electrons. The van der Waals surface area contributed by atoms with Gasteiger partial charge in [-0.15, -0.1) is 0 Å². The van der Waals surface area contributed by atoms with Crippen molar-refractivity contribution in [2.75, 3.05) is 6.54 Å². The summed E-state index contributed by atoms with van der Waals surface area (Å²) >= 11 is 0. The van der Waals surface area contributed by atoms with E-state index in [1.165, 1.54) is 0 Å². The zero-order valence-electron chi connectivity index (χ0n) is 6.33. The van der Waals surface area contributed by atoms with Crippen molar-refractivity contribution in [1.29, 1.82) is 0 Å². The molecule has 1 heterocycles. The van der Waals surface area contributed by atoms with Gasteiger partial charge in [-0.25, -0.2) is 9.18 Å². The molecular weight excluding hydrogens is 167 g/mol. The fourth-order valence-electron chi connectivity index (χ4n) is 0.849. The maximum absolute atomic E-state index is 12.6. The van der Waals surface area contributed by atoms with Crippen molar-refractivity contribution in [1.82, 2.24) is 10.2 Å². The molecule has 0 radical (unpaired) electrons. The van der Waals surface area contributed by atoms with Crippen molar-refractivity contribution >= 4 is 17.8 Å². The highest BCUT2D eigenvalue weighted by Gasteiger charge is 2.33. The van der Waals surface area contributed by atoms with Crippen molar-refractivity contribution in [2.45, 2.75) is 13.1 Å². The first-order valence-corrected chi connectivity index (χ1v) is 3.29. The van der Waals surface area contributed by atoms with Crippen LogP contribution in [0.2, 0.25) is 0 Å². The highest BCUT2D eigenvalue weighted by atomic mass is 19.1. The molecule has 0 aromatic heterocycles. The standard InChI is InChI=1S/C6H7FN2O3/c1-3(10)9-2-4(7)5(11)8-6(9)12/h4H,2H2,1H3,(H,8,11,12). The molecule has 0 saturated carbocycles. The van der Waals surface area contributed by atoms with Crippen molar-refractivity contribution in [3.63, 3.8) is 0 Å². The van der Waals surface area contributed by atoms with E-state index in [1.807, 2.05) is 0 Å². The summed E-state index contributed by atoms with van der Waals surface area (Å²) in [6.45, 7) is 0.641. The van der Waals surface area contributed by atoms with Crippen LogP contribution in [0.3, 0.4) is 0 Å². The Balaban J connectivity index is 2.74. The summed E-state index contributed by atoms with van der Waals surface area (Å²) in [6, 6.07) is -0.860. The fraction of sp³-hybridized carbons (Fsp3) is 0.500. The van der Waals surface area contributed by atoms with E-state index in [0.717, 1.165) is 6.92 Å². The Labute approximate surface area is 67.5 Å². The maximum Gasteiger partial charge on any atom is 0.330 e. The van der Waals surface area contributed by atoms with Crippen LogP contribution < -0.4 is 5.32 Å². The largest absolute Gasteiger partial charge is 0.330 e. The van der Waals surface area contributed by atoms with Crippen molar-refractivity contribution in [3.8, 4) is 0 Å². The minimum atomic E-state index is -1.81. The lowest BCUT2D eigenvalue weighted by molar-refractivity contribution is -0.132. The molecular formula is C6H7FN2O3. The predicted molar refractivity (Wildman–Crippen MR) is 35.8 cm³/mol. The molecule has 0 aromatic rings. The number of rotatable bonds is 0. The number of urea groups is 1. The summed E-state index contributed by atoms with van der Waals surface area (Å²) in [5.41, 5.74) is 0. The second kappa shape index (κ2) is 2.88. The van der Waals surface area contributed by atoms with Crippen LogP contribution in [0, 0.1) is 0 Å².